The quantitative estimate of drug-likeness (QED) is 0.692. The van der Waals surface area contributed by atoms with E-state index in [1.807, 2.05) is 11.8 Å². The molecule has 7 nitrogen and oxygen atoms in total. The Morgan fingerprint density at radius 3 is 2.77 bits per heavy atom. The van der Waals surface area contributed by atoms with Gasteiger partial charge in [0.1, 0.15) is 17.8 Å². The summed E-state index contributed by atoms with van der Waals surface area (Å²) in [4.78, 5) is 22.7. The maximum atomic E-state index is 14.2. The molecule has 2 N–H and O–H groups in total. The van der Waals surface area contributed by atoms with Gasteiger partial charge in [0.2, 0.25) is 0 Å². The Kier molecular flexibility index (Phi) is 6.83. The van der Waals surface area contributed by atoms with Gasteiger partial charge in [-0.15, -0.1) is 0 Å². The van der Waals surface area contributed by atoms with Crippen LogP contribution in [0, 0.1) is 0 Å². The van der Waals surface area contributed by atoms with Gasteiger partial charge in [-0.1, -0.05) is 22.7 Å². The van der Waals surface area contributed by atoms with Crippen LogP contribution >= 0.6 is 9.24 Å². The first-order chi connectivity index (χ1) is 14.2. The Balaban J connectivity index is 2.16. The van der Waals surface area contributed by atoms with Crippen LogP contribution in [0.1, 0.15) is 31.5 Å². The van der Waals surface area contributed by atoms with E-state index in [0.29, 0.717) is 48.0 Å². The van der Waals surface area contributed by atoms with E-state index >= 15 is 0 Å². The molecule has 3 heterocycles. The maximum absolute atomic E-state index is 14.2. The summed E-state index contributed by atoms with van der Waals surface area (Å²) in [5, 5.41) is 5.81. The summed E-state index contributed by atoms with van der Waals surface area (Å²) in [5.74, 6) is 0.779. The molecule has 10 heteroatoms. The van der Waals surface area contributed by atoms with E-state index in [1.54, 1.807) is 16.2 Å². The SMILES string of the molecule is C=CN=C1NC(=O)O[C@H](CC)/C1=C(/C)c1cc(C(F)(F)P)cc(N2CCNCC2)n1. The summed E-state index contributed by atoms with van der Waals surface area (Å²) in [6.45, 7) is 10.1. The van der Waals surface area contributed by atoms with Crippen LogP contribution in [0.5, 0.6) is 0 Å². The van der Waals surface area contributed by atoms with Crippen LogP contribution in [-0.2, 0) is 10.4 Å². The molecule has 1 amide bonds. The van der Waals surface area contributed by atoms with E-state index in [9.17, 15) is 13.6 Å². The van der Waals surface area contributed by atoms with Gasteiger partial charge >= 0.3 is 6.09 Å². The molecule has 1 aromatic rings. The van der Waals surface area contributed by atoms with Crippen molar-refractivity contribution in [1.29, 1.82) is 0 Å². The standard InChI is InChI=1S/C20H26F2N5O2P/c1-4-15-17(18(24-5-2)26-19(28)29-15)12(3)14-10-13(20(21,22)30)11-16(25-14)27-8-6-23-7-9-27/h5,10-11,15,23H,2,4,6-9,30H2,1,3H3,(H,24,26,28)/b17-12+/t15-/m1/s1. The average molecular weight is 437 g/mol. The number of ether oxygens (including phenoxy) is 1. The minimum atomic E-state index is -3.11. The molecule has 2 aliphatic heterocycles. The van der Waals surface area contributed by atoms with Crippen molar-refractivity contribution in [2.75, 3.05) is 31.1 Å². The van der Waals surface area contributed by atoms with E-state index < -0.39 is 17.9 Å². The predicted molar refractivity (Wildman–Crippen MR) is 117 cm³/mol. The molecule has 0 aromatic carbocycles. The zero-order chi connectivity index (χ0) is 21.9. The van der Waals surface area contributed by atoms with E-state index in [0.717, 1.165) is 13.1 Å². The molecule has 0 radical (unpaired) electrons. The van der Waals surface area contributed by atoms with Crippen molar-refractivity contribution in [2.24, 2.45) is 4.99 Å². The third-order valence-corrected chi connectivity index (χ3v) is 5.40. The Hall–Kier alpha value is -2.38. The van der Waals surface area contributed by atoms with Crippen molar-refractivity contribution < 1.29 is 18.3 Å². The number of anilines is 1. The van der Waals surface area contributed by atoms with Gasteiger partial charge in [-0.3, -0.25) is 5.32 Å². The summed E-state index contributed by atoms with van der Waals surface area (Å²) in [6, 6.07) is 2.80. The zero-order valence-corrected chi connectivity index (χ0v) is 18.2. The molecule has 0 saturated carbocycles. The molecule has 1 unspecified atom stereocenters. The molecular formula is C20H26F2N5O2P. The number of cyclic esters (lactones) is 1. The molecule has 0 spiro atoms. The molecule has 30 heavy (non-hydrogen) atoms. The molecule has 162 valence electrons. The fourth-order valence-corrected chi connectivity index (χ4v) is 3.69. The van der Waals surface area contributed by atoms with Gasteiger partial charge in [-0.05, 0) is 31.1 Å². The molecular weight excluding hydrogens is 411 g/mol. The number of hydrogen-bond acceptors (Lipinski definition) is 6. The second-order valence-electron chi connectivity index (χ2n) is 7.09. The van der Waals surface area contributed by atoms with Crippen LogP contribution in [0.3, 0.4) is 0 Å². The zero-order valence-electron chi connectivity index (χ0n) is 17.0. The lowest BCUT2D eigenvalue weighted by atomic mass is 9.96. The lowest BCUT2D eigenvalue weighted by Crippen LogP contribution is -2.45. The summed E-state index contributed by atoms with van der Waals surface area (Å²) in [5.41, 5.74) is -1.67. The number of rotatable bonds is 5. The highest BCUT2D eigenvalue weighted by Gasteiger charge is 2.33. The Labute approximate surface area is 176 Å². The van der Waals surface area contributed by atoms with Crippen LogP contribution in [0.15, 0.2) is 35.5 Å². The second-order valence-corrected chi connectivity index (χ2v) is 7.81. The van der Waals surface area contributed by atoms with Crippen molar-refractivity contribution in [1.82, 2.24) is 15.6 Å². The van der Waals surface area contributed by atoms with Gasteiger partial charge < -0.3 is 15.0 Å². The third kappa shape index (κ3) is 4.84. The second kappa shape index (κ2) is 9.18. The maximum Gasteiger partial charge on any atom is 0.413 e. The number of amidine groups is 1. The monoisotopic (exact) mass is 437 g/mol. The summed E-state index contributed by atoms with van der Waals surface area (Å²) in [6.07, 6.45) is 0.634. The van der Waals surface area contributed by atoms with Crippen LogP contribution in [-0.4, -0.2) is 49.2 Å². The largest absolute Gasteiger partial charge is 0.441 e. The molecule has 2 aliphatic rings. The van der Waals surface area contributed by atoms with Gasteiger partial charge in [0.25, 0.3) is 5.66 Å². The van der Waals surface area contributed by atoms with Crippen molar-refractivity contribution in [2.45, 2.75) is 32.0 Å². The van der Waals surface area contributed by atoms with Gasteiger partial charge in [-0.25, -0.2) is 14.8 Å². The van der Waals surface area contributed by atoms with Gasteiger partial charge in [0.15, 0.2) is 0 Å². The van der Waals surface area contributed by atoms with Gasteiger partial charge in [0, 0.05) is 43.5 Å². The van der Waals surface area contributed by atoms with Crippen LogP contribution in [0.25, 0.3) is 5.57 Å². The lowest BCUT2D eigenvalue weighted by molar-refractivity contribution is 0.104. The molecule has 1 aromatic heterocycles. The number of hydrogen-bond donors (Lipinski definition) is 2. The number of piperazine rings is 1. The first-order valence-corrected chi connectivity index (χ1v) is 10.3. The Morgan fingerprint density at radius 2 is 2.17 bits per heavy atom. The number of carbonyl (C=O) groups is 1. The third-order valence-electron chi connectivity index (χ3n) is 5.06. The number of pyridine rings is 1. The fraction of sp³-hybridized carbons (Fsp3) is 0.450. The Bertz CT molecular complexity index is 892. The highest BCUT2D eigenvalue weighted by atomic mass is 31.0. The van der Waals surface area contributed by atoms with Crippen molar-refractivity contribution in [3.8, 4) is 0 Å². The minimum Gasteiger partial charge on any atom is -0.441 e. The molecule has 0 bridgehead atoms. The number of amides is 1. The number of nitrogens with zero attached hydrogens (tertiary/aromatic N) is 3. The smallest absolute Gasteiger partial charge is 0.413 e. The molecule has 2 atom stereocenters. The van der Waals surface area contributed by atoms with E-state index in [-0.39, 0.29) is 5.56 Å². The van der Waals surface area contributed by atoms with Crippen LogP contribution in [0.4, 0.5) is 19.4 Å². The van der Waals surface area contributed by atoms with Crippen LogP contribution in [0.2, 0.25) is 0 Å². The molecule has 0 aliphatic carbocycles. The Morgan fingerprint density at radius 1 is 1.47 bits per heavy atom. The van der Waals surface area contributed by atoms with Crippen LogP contribution < -0.4 is 15.5 Å². The number of alkyl halides is 2. The number of carbonyl (C=O) groups excluding carboxylic acids is 1. The number of halogens is 2. The first kappa shape index (κ1) is 22.3. The van der Waals surface area contributed by atoms with Gasteiger partial charge in [0.05, 0.1) is 5.69 Å². The normalized spacial score (nSPS) is 23.1. The highest BCUT2D eigenvalue weighted by Crippen LogP contribution is 2.38. The summed E-state index contributed by atoms with van der Waals surface area (Å²) >= 11 is 0. The molecule has 3 rings (SSSR count). The summed E-state index contributed by atoms with van der Waals surface area (Å²) in [7, 11) is 1.58. The topological polar surface area (TPSA) is 78.8 Å². The predicted octanol–water partition coefficient (Wildman–Crippen LogP) is 3.25. The van der Waals surface area contributed by atoms with E-state index in [4.69, 9.17) is 4.74 Å². The number of aromatic nitrogens is 1. The van der Waals surface area contributed by atoms with E-state index in [2.05, 4.69) is 27.2 Å². The van der Waals surface area contributed by atoms with Gasteiger partial charge in [-0.2, -0.15) is 8.78 Å². The van der Waals surface area contributed by atoms with Crippen molar-refractivity contribution in [3.63, 3.8) is 0 Å². The number of alkyl carbamates (subject to hydrolysis) is 1. The van der Waals surface area contributed by atoms with Crippen molar-refractivity contribution >= 4 is 32.6 Å². The van der Waals surface area contributed by atoms with Crippen molar-refractivity contribution in [3.05, 3.63) is 41.7 Å². The number of allylic oxidation sites excluding steroid dienone is 1. The average Bonchev–Trinajstić information content (AvgIpc) is 2.72. The first-order valence-electron chi connectivity index (χ1n) is 9.77. The molecule has 2 fully saturated rings. The summed E-state index contributed by atoms with van der Waals surface area (Å²) < 4.78 is 33.9. The minimum absolute atomic E-state index is 0.151. The fourth-order valence-electron chi connectivity index (χ4n) is 3.53. The van der Waals surface area contributed by atoms with E-state index in [1.165, 1.54) is 18.3 Å². The highest BCUT2D eigenvalue weighted by molar-refractivity contribution is 7.17. The number of aliphatic imine (C=N–C) groups is 1. The lowest BCUT2D eigenvalue weighted by Gasteiger charge is -2.30. The molecule has 2 saturated heterocycles. The number of nitrogens with one attached hydrogen (secondary N) is 2.